The molecule has 2 rings (SSSR count). The van der Waals surface area contributed by atoms with E-state index in [1.54, 1.807) is 0 Å². The summed E-state index contributed by atoms with van der Waals surface area (Å²) < 4.78 is 0. The molecule has 1 unspecified atom stereocenters. The summed E-state index contributed by atoms with van der Waals surface area (Å²) in [6, 6.07) is 10.5. The highest BCUT2D eigenvalue weighted by Crippen LogP contribution is 2.09. The molecule has 0 amide bonds. The van der Waals surface area contributed by atoms with Crippen molar-refractivity contribution < 1.29 is 0 Å². The van der Waals surface area contributed by atoms with E-state index in [1.165, 1.54) is 25.9 Å². The Bertz CT molecular complexity index is 416. The van der Waals surface area contributed by atoms with Gasteiger partial charge in [-0.15, -0.1) is 0 Å². The van der Waals surface area contributed by atoms with Gasteiger partial charge < -0.3 is 10.2 Å². The molecular formula is C15H21N3. The van der Waals surface area contributed by atoms with Crippen LogP contribution in [0.1, 0.15) is 30.9 Å². The second-order valence-electron chi connectivity index (χ2n) is 5.06. The quantitative estimate of drug-likeness (QED) is 0.861. The van der Waals surface area contributed by atoms with Gasteiger partial charge in [-0.25, -0.2) is 0 Å². The van der Waals surface area contributed by atoms with Gasteiger partial charge in [0.05, 0.1) is 11.6 Å². The van der Waals surface area contributed by atoms with Crippen LogP contribution in [0.2, 0.25) is 0 Å². The lowest BCUT2D eigenvalue weighted by Gasteiger charge is -2.21. The first kappa shape index (κ1) is 13.1. The van der Waals surface area contributed by atoms with Crippen LogP contribution in [0, 0.1) is 11.3 Å². The zero-order chi connectivity index (χ0) is 12.8. The van der Waals surface area contributed by atoms with E-state index in [0.717, 1.165) is 24.2 Å². The Hall–Kier alpha value is -1.37. The first-order chi connectivity index (χ1) is 8.79. The molecule has 0 radical (unpaired) electrons. The molecule has 1 atom stereocenters. The monoisotopic (exact) mass is 243 g/mol. The molecule has 1 heterocycles. The van der Waals surface area contributed by atoms with Gasteiger partial charge >= 0.3 is 0 Å². The minimum absolute atomic E-state index is 0.467. The van der Waals surface area contributed by atoms with Gasteiger partial charge in [-0.2, -0.15) is 5.26 Å². The van der Waals surface area contributed by atoms with Crippen LogP contribution in [0.5, 0.6) is 0 Å². The molecule has 18 heavy (non-hydrogen) atoms. The van der Waals surface area contributed by atoms with Crippen molar-refractivity contribution >= 4 is 0 Å². The lowest BCUT2D eigenvalue weighted by Crippen LogP contribution is -2.37. The summed E-state index contributed by atoms with van der Waals surface area (Å²) in [5.74, 6) is 0. The van der Waals surface area contributed by atoms with Crippen LogP contribution < -0.4 is 5.32 Å². The fourth-order valence-electron chi connectivity index (χ4n) is 2.48. The number of nitriles is 1. The molecule has 0 bridgehead atoms. The second-order valence-corrected chi connectivity index (χ2v) is 5.06. The summed E-state index contributed by atoms with van der Waals surface area (Å²) in [6.45, 7) is 6.57. The fourth-order valence-corrected chi connectivity index (χ4v) is 2.48. The average Bonchev–Trinajstić information content (AvgIpc) is 2.89. The van der Waals surface area contributed by atoms with Crippen molar-refractivity contribution in [2.45, 2.75) is 32.4 Å². The minimum atomic E-state index is 0.467. The van der Waals surface area contributed by atoms with Crippen LogP contribution in [-0.4, -0.2) is 30.6 Å². The molecule has 0 saturated carbocycles. The zero-order valence-corrected chi connectivity index (χ0v) is 11.0. The van der Waals surface area contributed by atoms with E-state index in [0.29, 0.717) is 6.04 Å². The molecule has 3 heteroatoms. The summed E-state index contributed by atoms with van der Waals surface area (Å²) in [4.78, 5) is 2.51. The Kier molecular flexibility index (Phi) is 4.74. The van der Waals surface area contributed by atoms with Crippen molar-refractivity contribution in [1.82, 2.24) is 10.2 Å². The number of nitrogens with zero attached hydrogens (tertiary/aromatic N) is 2. The average molecular weight is 243 g/mol. The predicted molar refractivity (Wildman–Crippen MR) is 73.1 cm³/mol. The molecular weight excluding hydrogens is 222 g/mol. The van der Waals surface area contributed by atoms with Crippen molar-refractivity contribution in [2.24, 2.45) is 0 Å². The Labute approximate surface area is 109 Å². The van der Waals surface area contributed by atoms with Crippen molar-refractivity contribution in [3.8, 4) is 6.07 Å². The zero-order valence-electron chi connectivity index (χ0n) is 11.0. The fraction of sp³-hybridized carbons (Fsp3) is 0.533. The topological polar surface area (TPSA) is 39.1 Å². The maximum absolute atomic E-state index is 9.03. The molecule has 0 spiro atoms. The summed E-state index contributed by atoms with van der Waals surface area (Å²) in [5, 5.41) is 12.5. The highest BCUT2D eigenvalue weighted by atomic mass is 15.2. The second kappa shape index (κ2) is 6.53. The first-order valence-electron chi connectivity index (χ1n) is 6.73. The van der Waals surface area contributed by atoms with Gasteiger partial charge in [-0.3, -0.25) is 0 Å². The van der Waals surface area contributed by atoms with Crippen LogP contribution in [0.4, 0.5) is 0 Å². The van der Waals surface area contributed by atoms with E-state index >= 15 is 0 Å². The number of hydrogen-bond acceptors (Lipinski definition) is 3. The van der Waals surface area contributed by atoms with Crippen LogP contribution in [-0.2, 0) is 6.54 Å². The summed E-state index contributed by atoms with van der Waals surface area (Å²) in [5.41, 5.74) is 1.87. The summed E-state index contributed by atoms with van der Waals surface area (Å²) in [6.07, 6.45) is 2.67. The number of benzene rings is 1. The SMILES string of the molecule is CC(CN1CCCC1)NCc1ccccc1C#N. The third-order valence-corrected chi connectivity index (χ3v) is 3.51. The van der Waals surface area contributed by atoms with Gasteiger partial charge in [0.2, 0.25) is 0 Å². The Morgan fingerprint density at radius 3 is 2.78 bits per heavy atom. The molecule has 0 aliphatic carbocycles. The van der Waals surface area contributed by atoms with Gasteiger partial charge in [-0.1, -0.05) is 18.2 Å². The van der Waals surface area contributed by atoms with Crippen molar-refractivity contribution in [3.05, 3.63) is 35.4 Å². The first-order valence-corrected chi connectivity index (χ1v) is 6.73. The van der Waals surface area contributed by atoms with E-state index in [9.17, 15) is 0 Å². The van der Waals surface area contributed by atoms with Crippen LogP contribution in [0.25, 0.3) is 0 Å². The highest BCUT2D eigenvalue weighted by molar-refractivity contribution is 5.37. The number of rotatable bonds is 5. The van der Waals surface area contributed by atoms with Crippen LogP contribution in [0.3, 0.4) is 0 Å². The largest absolute Gasteiger partial charge is 0.309 e. The molecule has 1 fully saturated rings. The lowest BCUT2D eigenvalue weighted by molar-refractivity contribution is 0.298. The van der Waals surface area contributed by atoms with E-state index in [2.05, 4.69) is 23.2 Å². The van der Waals surface area contributed by atoms with Gasteiger partial charge in [0.15, 0.2) is 0 Å². The minimum Gasteiger partial charge on any atom is -0.309 e. The van der Waals surface area contributed by atoms with E-state index in [-0.39, 0.29) is 0 Å². The number of nitrogens with one attached hydrogen (secondary N) is 1. The normalized spacial score (nSPS) is 17.6. The van der Waals surface area contributed by atoms with Gasteiger partial charge in [-0.05, 0) is 44.5 Å². The van der Waals surface area contributed by atoms with Crippen molar-refractivity contribution in [1.29, 1.82) is 5.26 Å². The van der Waals surface area contributed by atoms with Crippen LogP contribution in [0.15, 0.2) is 24.3 Å². The van der Waals surface area contributed by atoms with E-state index in [4.69, 9.17) is 5.26 Å². The van der Waals surface area contributed by atoms with Crippen molar-refractivity contribution in [3.63, 3.8) is 0 Å². The maximum Gasteiger partial charge on any atom is 0.0995 e. The third kappa shape index (κ3) is 3.56. The molecule has 1 N–H and O–H groups in total. The Balaban J connectivity index is 1.81. The van der Waals surface area contributed by atoms with E-state index in [1.807, 2.05) is 24.3 Å². The lowest BCUT2D eigenvalue weighted by atomic mass is 10.1. The summed E-state index contributed by atoms with van der Waals surface area (Å²) >= 11 is 0. The molecule has 1 aliphatic heterocycles. The van der Waals surface area contributed by atoms with Crippen molar-refractivity contribution in [2.75, 3.05) is 19.6 Å². The van der Waals surface area contributed by atoms with Gasteiger partial charge in [0.25, 0.3) is 0 Å². The molecule has 0 aromatic heterocycles. The third-order valence-electron chi connectivity index (χ3n) is 3.51. The summed E-state index contributed by atoms with van der Waals surface area (Å²) in [7, 11) is 0. The number of likely N-dealkylation sites (tertiary alicyclic amines) is 1. The molecule has 1 saturated heterocycles. The molecule has 3 nitrogen and oxygen atoms in total. The van der Waals surface area contributed by atoms with E-state index < -0.39 is 0 Å². The smallest absolute Gasteiger partial charge is 0.0995 e. The van der Waals surface area contributed by atoms with Gasteiger partial charge in [0, 0.05) is 19.1 Å². The Morgan fingerprint density at radius 2 is 2.06 bits per heavy atom. The van der Waals surface area contributed by atoms with Crippen LogP contribution >= 0.6 is 0 Å². The Morgan fingerprint density at radius 1 is 1.33 bits per heavy atom. The predicted octanol–water partition coefficient (Wildman–Crippen LogP) is 2.13. The molecule has 1 aromatic carbocycles. The standard InChI is InChI=1S/C15H21N3/c1-13(12-18-8-4-5-9-18)17-11-15-7-3-2-6-14(15)10-16/h2-3,6-7,13,17H,4-5,8-9,11-12H2,1H3. The molecule has 1 aromatic rings. The molecule has 96 valence electrons. The maximum atomic E-state index is 9.03. The highest BCUT2D eigenvalue weighted by Gasteiger charge is 2.14. The number of hydrogen-bond donors (Lipinski definition) is 1. The van der Waals surface area contributed by atoms with Gasteiger partial charge in [0.1, 0.15) is 0 Å². The molecule has 1 aliphatic rings.